The second-order valence-corrected chi connectivity index (χ2v) is 5.49. The Morgan fingerprint density at radius 1 is 1.43 bits per heavy atom. The van der Waals surface area contributed by atoms with Gasteiger partial charge < -0.3 is 10.1 Å². The van der Waals surface area contributed by atoms with Gasteiger partial charge in [0.05, 0.1) is 18.4 Å². The minimum atomic E-state index is -0.552. The summed E-state index contributed by atoms with van der Waals surface area (Å²) in [4.78, 5) is 11.5. The molecule has 0 aliphatic heterocycles. The van der Waals surface area contributed by atoms with E-state index < -0.39 is 11.7 Å². The van der Waals surface area contributed by atoms with Crippen molar-refractivity contribution in [2.45, 2.75) is 32.9 Å². The first-order valence-electron chi connectivity index (χ1n) is 6.47. The molecule has 0 spiro atoms. The standard InChI is InChI=1S/C14H17FN4O2/c1-14(2,3)21-13(20)16-8-11-9-19(18-17-11)12-6-4-5-10(15)7-12/h4-7,9H,8H2,1-3H3,(H,16,20). The summed E-state index contributed by atoms with van der Waals surface area (Å²) in [6.07, 6.45) is 1.09. The Morgan fingerprint density at radius 3 is 2.86 bits per heavy atom. The van der Waals surface area contributed by atoms with Crippen LogP contribution in [0, 0.1) is 5.82 Å². The molecule has 1 heterocycles. The van der Waals surface area contributed by atoms with Crippen molar-refractivity contribution in [1.29, 1.82) is 0 Å². The van der Waals surface area contributed by atoms with Crippen molar-refractivity contribution < 1.29 is 13.9 Å². The second kappa shape index (κ2) is 5.90. The Hall–Kier alpha value is -2.44. The van der Waals surface area contributed by atoms with E-state index in [2.05, 4.69) is 15.6 Å². The lowest BCUT2D eigenvalue weighted by Crippen LogP contribution is -2.32. The third kappa shape index (κ3) is 4.55. The summed E-state index contributed by atoms with van der Waals surface area (Å²) in [6, 6.07) is 6.00. The smallest absolute Gasteiger partial charge is 0.407 e. The van der Waals surface area contributed by atoms with Gasteiger partial charge in [0.1, 0.15) is 17.1 Å². The molecule has 21 heavy (non-hydrogen) atoms. The Bertz CT molecular complexity index is 634. The summed E-state index contributed by atoms with van der Waals surface area (Å²) in [5, 5.41) is 10.4. The van der Waals surface area contributed by atoms with Crippen molar-refractivity contribution in [2.24, 2.45) is 0 Å². The van der Waals surface area contributed by atoms with Gasteiger partial charge in [-0.15, -0.1) is 5.10 Å². The lowest BCUT2D eigenvalue weighted by molar-refractivity contribution is 0.0523. The van der Waals surface area contributed by atoms with Crippen LogP contribution in [-0.4, -0.2) is 26.7 Å². The number of nitrogens with zero attached hydrogens (tertiary/aromatic N) is 3. The number of alkyl carbamates (subject to hydrolysis) is 1. The molecule has 1 amide bonds. The largest absolute Gasteiger partial charge is 0.444 e. The minimum Gasteiger partial charge on any atom is -0.444 e. The van der Waals surface area contributed by atoms with E-state index >= 15 is 0 Å². The maximum Gasteiger partial charge on any atom is 0.407 e. The van der Waals surface area contributed by atoms with Gasteiger partial charge in [0.15, 0.2) is 0 Å². The van der Waals surface area contributed by atoms with Gasteiger partial charge in [0.25, 0.3) is 0 Å². The van der Waals surface area contributed by atoms with E-state index in [4.69, 9.17) is 4.74 Å². The lowest BCUT2D eigenvalue weighted by Gasteiger charge is -2.19. The lowest BCUT2D eigenvalue weighted by atomic mass is 10.2. The molecule has 0 bridgehead atoms. The predicted molar refractivity (Wildman–Crippen MR) is 74.4 cm³/mol. The molecule has 112 valence electrons. The van der Waals surface area contributed by atoms with Crippen LogP contribution in [0.5, 0.6) is 0 Å². The van der Waals surface area contributed by atoms with Crippen LogP contribution < -0.4 is 5.32 Å². The van der Waals surface area contributed by atoms with E-state index in [1.165, 1.54) is 16.8 Å². The van der Waals surface area contributed by atoms with Crippen molar-refractivity contribution in [1.82, 2.24) is 20.3 Å². The van der Waals surface area contributed by atoms with E-state index in [0.717, 1.165) is 0 Å². The number of carbonyl (C=O) groups excluding carboxylic acids is 1. The normalized spacial score (nSPS) is 11.2. The molecule has 0 fully saturated rings. The van der Waals surface area contributed by atoms with Gasteiger partial charge >= 0.3 is 6.09 Å². The van der Waals surface area contributed by atoms with Crippen LogP contribution in [0.15, 0.2) is 30.5 Å². The highest BCUT2D eigenvalue weighted by Gasteiger charge is 2.16. The molecule has 1 aromatic heterocycles. The van der Waals surface area contributed by atoms with Crippen molar-refractivity contribution in [3.8, 4) is 5.69 Å². The number of amides is 1. The second-order valence-electron chi connectivity index (χ2n) is 5.49. The third-order valence-corrected chi connectivity index (χ3v) is 2.43. The van der Waals surface area contributed by atoms with Crippen LogP contribution in [-0.2, 0) is 11.3 Å². The molecule has 1 aromatic carbocycles. The number of ether oxygens (including phenoxy) is 1. The number of benzene rings is 1. The van der Waals surface area contributed by atoms with E-state index in [9.17, 15) is 9.18 Å². The molecule has 0 unspecified atom stereocenters. The summed E-state index contributed by atoms with van der Waals surface area (Å²) in [7, 11) is 0. The van der Waals surface area contributed by atoms with Crippen LogP contribution in [0.4, 0.5) is 9.18 Å². The van der Waals surface area contributed by atoms with Gasteiger partial charge in [0.2, 0.25) is 0 Å². The first kappa shape index (κ1) is 15.0. The zero-order chi connectivity index (χ0) is 15.5. The maximum absolute atomic E-state index is 13.1. The van der Waals surface area contributed by atoms with Gasteiger partial charge in [-0.05, 0) is 39.0 Å². The molecule has 7 heteroatoms. The summed E-state index contributed by atoms with van der Waals surface area (Å²) in [5.74, 6) is -0.351. The fraction of sp³-hybridized carbons (Fsp3) is 0.357. The Labute approximate surface area is 121 Å². The molecule has 1 N–H and O–H groups in total. The molecule has 2 rings (SSSR count). The molecular weight excluding hydrogens is 275 g/mol. The van der Waals surface area contributed by atoms with Crippen LogP contribution in [0.3, 0.4) is 0 Å². The summed E-state index contributed by atoms with van der Waals surface area (Å²) in [5.41, 5.74) is 0.555. The van der Waals surface area contributed by atoms with E-state index in [0.29, 0.717) is 11.4 Å². The number of aromatic nitrogens is 3. The fourth-order valence-corrected chi connectivity index (χ4v) is 1.60. The highest BCUT2D eigenvalue weighted by Crippen LogP contribution is 2.09. The average Bonchev–Trinajstić information content (AvgIpc) is 2.83. The van der Waals surface area contributed by atoms with Gasteiger partial charge in [-0.25, -0.2) is 13.9 Å². The number of rotatable bonds is 3. The number of hydrogen-bond acceptors (Lipinski definition) is 4. The van der Waals surface area contributed by atoms with Gasteiger partial charge in [-0.1, -0.05) is 11.3 Å². The molecule has 0 atom stereocenters. The van der Waals surface area contributed by atoms with Crippen LogP contribution in [0.2, 0.25) is 0 Å². The molecule has 0 aliphatic rings. The fourth-order valence-electron chi connectivity index (χ4n) is 1.60. The first-order valence-corrected chi connectivity index (χ1v) is 6.47. The van der Waals surface area contributed by atoms with Crippen LogP contribution in [0.1, 0.15) is 26.5 Å². The molecule has 6 nitrogen and oxygen atoms in total. The molecule has 0 saturated carbocycles. The number of nitrogens with one attached hydrogen (secondary N) is 1. The monoisotopic (exact) mass is 292 g/mol. The molecule has 0 radical (unpaired) electrons. The number of halogens is 1. The number of hydrogen-bond donors (Lipinski definition) is 1. The van der Waals surface area contributed by atoms with Gasteiger partial charge in [-0.3, -0.25) is 0 Å². The van der Waals surface area contributed by atoms with E-state index in [1.807, 2.05) is 0 Å². The predicted octanol–water partition coefficient (Wildman–Crippen LogP) is 2.43. The molecule has 2 aromatic rings. The molecule has 0 aliphatic carbocycles. The Morgan fingerprint density at radius 2 is 2.19 bits per heavy atom. The van der Waals surface area contributed by atoms with Crippen molar-refractivity contribution in [2.75, 3.05) is 0 Å². The quantitative estimate of drug-likeness (QED) is 0.943. The van der Waals surface area contributed by atoms with Crippen LogP contribution in [0.25, 0.3) is 5.69 Å². The van der Waals surface area contributed by atoms with Gasteiger partial charge in [-0.2, -0.15) is 0 Å². The average molecular weight is 292 g/mol. The Kier molecular flexibility index (Phi) is 4.21. The summed E-state index contributed by atoms with van der Waals surface area (Å²) >= 11 is 0. The zero-order valence-electron chi connectivity index (χ0n) is 12.1. The van der Waals surface area contributed by atoms with E-state index in [-0.39, 0.29) is 12.4 Å². The van der Waals surface area contributed by atoms with Crippen molar-refractivity contribution >= 4 is 6.09 Å². The van der Waals surface area contributed by atoms with Crippen LogP contribution >= 0.6 is 0 Å². The van der Waals surface area contributed by atoms with Crippen molar-refractivity contribution in [3.63, 3.8) is 0 Å². The minimum absolute atomic E-state index is 0.185. The third-order valence-electron chi connectivity index (χ3n) is 2.43. The van der Waals surface area contributed by atoms with Gasteiger partial charge in [0, 0.05) is 0 Å². The maximum atomic E-state index is 13.1. The topological polar surface area (TPSA) is 69.0 Å². The summed E-state index contributed by atoms with van der Waals surface area (Å²) in [6.45, 7) is 5.54. The van der Waals surface area contributed by atoms with E-state index in [1.54, 1.807) is 39.1 Å². The zero-order valence-corrected chi connectivity index (χ0v) is 12.1. The highest BCUT2D eigenvalue weighted by atomic mass is 19.1. The molecule has 0 saturated heterocycles. The summed E-state index contributed by atoms with van der Waals surface area (Å²) < 4.78 is 19.7. The SMILES string of the molecule is CC(C)(C)OC(=O)NCc1cn(-c2cccc(F)c2)nn1. The highest BCUT2D eigenvalue weighted by molar-refractivity contribution is 5.67. The molecular formula is C14H17FN4O2. The number of carbonyl (C=O) groups is 1. The van der Waals surface area contributed by atoms with Crippen molar-refractivity contribution in [3.05, 3.63) is 42.0 Å². The Balaban J connectivity index is 1.96. The first-order chi connectivity index (χ1) is 9.83.